The molecule has 2 saturated heterocycles. The summed E-state index contributed by atoms with van der Waals surface area (Å²) in [4.78, 5) is 16.8. The first-order chi connectivity index (χ1) is 9.22. The summed E-state index contributed by atoms with van der Waals surface area (Å²) in [5.74, 6) is 0.701. The SMILES string of the molecule is CC[C@H](C)C1NCCN(CCN2CCOCC2)C1=O. The molecule has 0 saturated carbocycles. The monoisotopic (exact) mass is 269 g/mol. The number of ether oxygens (including phenoxy) is 1. The Kier molecular flexibility index (Phi) is 5.60. The zero-order valence-corrected chi connectivity index (χ0v) is 12.2. The van der Waals surface area contributed by atoms with Gasteiger partial charge in [-0.15, -0.1) is 0 Å². The van der Waals surface area contributed by atoms with E-state index in [4.69, 9.17) is 4.74 Å². The van der Waals surface area contributed by atoms with Crippen molar-refractivity contribution in [2.75, 3.05) is 52.5 Å². The number of morpholine rings is 1. The van der Waals surface area contributed by atoms with Gasteiger partial charge in [-0.25, -0.2) is 0 Å². The molecule has 2 rings (SSSR count). The Bertz CT molecular complexity index is 292. The van der Waals surface area contributed by atoms with Gasteiger partial charge in [0.1, 0.15) is 0 Å². The first-order valence-corrected chi connectivity index (χ1v) is 7.54. The van der Waals surface area contributed by atoms with Gasteiger partial charge in [-0.3, -0.25) is 9.69 Å². The third-order valence-electron chi connectivity index (χ3n) is 4.33. The predicted octanol–water partition coefficient (Wildman–Crippen LogP) is 0.165. The van der Waals surface area contributed by atoms with Crippen molar-refractivity contribution in [2.24, 2.45) is 5.92 Å². The van der Waals surface area contributed by atoms with Gasteiger partial charge in [-0.1, -0.05) is 20.3 Å². The molecule has 2 aliphatic heterocycles. The lowest BCUT2D eigenvalue weighted by molar-refractivity contribution is -0.137. The highest BCUT2D eigenvalue weighted by Gasteiger charge is 2.31. The average molecular weight is 269 g/mol. The second-order valence-electron chi connectivity index (χ2n) is 5.60. The van der Waals surface area contributed by atoms with Gasteiger partial charge in [0.15, 0.2) is 0 Å². The van der Waals surface area contributed by atoms with E-state index in [9.17, 15) is 4.79 Å². The Morgan fingerprint density at radius 3 is 2.74 bits per heavy atom. The van der Waals surface area contributed by atoms with Crippen LogP contribution in [0.5, 0.6) is 0 Å². The number of hydrogen-bond acceptors (Lipinski definition) is 4. The molecule has 2 atom stereocenters. The number of piperazine rings is 1. The normalized spacial score (nSPS) is 27.6. The average Bonchev–Trinajstić information content (AvgIpc) is 2.46. The first kappa shape index (κ1) is 14.8. The molecule has 2 heterocycles. The number of carbonyl (C=O) groups excluding carboxylic acids is 1. The minimum absolute atomic E-state index is 0.0171. The molecule has 19 heavy (non-hydrogen) atoms. The van der Waals surface area contributed by atoms with Crippen molar-refractivity contribution < 1.29 is 9.53 Å². The summed E-state index contributed by atoms with van der Waals surface area (Å²) < 4.78 is 5.34. The van der Waals surface area contributed by atoms with Crippen molar-refractivity contribution in [1.82, 2.24) is 15.1 Å². The zero-order chi connectivity index (χ0) is 13.7. The molecular weight excluding hydrogens is 242 g/mol. The summed E-state index contributed by atoms with van der Waals surface area (Å²) in [7, 11) is 0. The maximum atomic E-state index is 12.4. The van der Waals surface area contributed by atoms with Crippen LogP contribution in [0.2, 0.25) is 0 Å². The van der Waals surface area contributed by atoms with Crippen LogP contribution in [0.3, 0.4) is 0 Å². The van der Waals surface area contributed by atoms with Crippen molar-refractivity contribution >= 4 is 5.91 Å². The Morgan fingerprint density at radius 2 is 2.05 bits per heavy atom. The molecule has 5 heteroatoms. The molecule has 0 aromatic heterocycles. The van der Waals surface area contributed by atoms with Crippen LogP contribution in [0.15, 0.2) is 0 Å². The van der Waals surface area contributed by atoms with Gasteiger partial charge in [0.25, 0.3) is 0 Å². The summed E-state index contributed by atoms with van der Waals surface area (Å²) in [6.07, 6.45) is 1.04. The minimum Gasteiger partial charge on any atom is -0.379 e. The topological polar surface area (TPSA) is 44.8 Å². The Morgan fingerprint density at radius 1 is 1.32 bits per heavy atom. The van der Waals surface area contributed by atoms with Gasteiger partial charge < -0.3 is 15.0 Å². The largest absolute Gasteiger partial charge is 0.379 e. The van der Waals surface area contributed by atoms with E-state index in [1.54, 1.807) is 0 Å². The highest BCUT2D eigenvalue weighted by atomic mass is 16.5. The third-order valence-corrected chi connectivity index (χ3v) is 4.33. The molecule has 1 N–H and O–H groups in total. The van der Waals surface area contributed by atoms with Crippen LogP contribution in [0, 0.1) is 5.92 Å². The Labute approximate surface area is 116 Å². The molecule has 0 aliphatic carbocycles. The molecule has 2 aliphatic rings. The van der Waals surface area contributed by atoms with E-state index in [-0.39, 0.29) is 11.9 Å². The number of hydrogen-bond donors (Lipinski definition) is 1. The molecule has 1 unspecified atom stereocenters. The second-order valence-corrected chi connectivity index (χ2v) is 5.60. The standard InChI is InChI=1S/C14H27N3O2/c1-3-12(2)13-14(18)17(5-4-15-13)7-6-16-8-10-19-11-9-16/h12-13,15H,3-11H2,1-2H3/t12-,13?/m0/s1. The number of carbonyl (C=O) groups is 1. The smallest absolute Gasteiger partial charge is 0.240 e. The third kappa shape index (κ3) is 3.91. The van der Waals surface area contributed by atoms with Crippen molar-refractivity contribution in [3.8, 4) is 0 Å². The summed E-state index contributed by atoms with van der Waals surface area (Å²) in [6.45, 7) is 11.5. The summed E-state index contributed by atoms with van der Waals surface area (Å²) in [6, 6.07) is 0.0171. The van der Waals surface area contributed by atoms with Crippen LogP contribution in [0.25, 0.3) is 0 Å². The van der Waals surface area contributed by atoms with Crippen molar-refractivity contribution in [3.05, 3.63) is 0 Å². The Hall–Kier alpha value is -0.650. The minimum atomic E-state index is 0.0171. The van der Waals surface area contributed by atoms with Crippen LogP contribution >= 0.6 is 0 Å². The fraction of sp³-hybridized carbons (Fsp3) is 0.929. The fourth-order valence-corrected chi connectivity index (χ4v) is 2.74. The van der Waals surface area contributed by atoms with E-state index in [2.05, 4.69) is 24.1 Å². The predicted molar refractivity (Wildman–Crippen MR) is 75.1 cm³/mol. The van der Waals surface area contributed by atoms with Crippen LogP contribution < -0.4 is 5.32 Å². The molecule has 2 fully saturated rings. The highest BCUT2D eigenvalue weighted by Crippen LogP contribution is 2.13. The lowest BCUT2D eigenvalue weighted by Crippen LogP contribution is -2.58. The van der Waals surface area contributed by atoms with E-state index in [0.29, 0.717) is 5.92 Å². The molecule has 5 nitrogen and oxygen atoms in total. The molecule has 0 spiro atoms. The molecule has 1 amide bonds. The van der Waals surface area contributed by atoms with Crippen molar-refractivity contribution in [3.63, 3.8) is 0 Å². The van der Waals surface area contributed by atoms with Crippen molar-refractivity contribution in [2.45, 2.75) is 26.3 Å². The quantitative estimate of drug-likeness (QED) is 0.772. The number of nitrogens with one attached hydrogen (secondary N) is 1. The lowest BCUT2D eigenvalue weighted by Gasteiger charge is -2.37. The number of nitrogens with zero attached hydrogens (tertiary/aromatic N) is 2. The van der Waals surface area contributed by atoms with Crippen LogP contribution in [0.4, 0.5) is 0 Å². The van der Waals surface area contributed by atoms with Gasteiger partial charge in [-0.2, -0.15) is 0 Å². The molecule has 0 aromatic rings. The van der Waals surface area contributed by atoms with E-state index < -0.39 is 0 Å². The van der Waals surface area contributed by atoms with E-state index >= 15 is 0 Å². The fourth-order valence-electron chi connectivity index (χ4n) is 2.74. The molecule has 0 aromatic carbocycles. The second kappa shape index (κ2) is 7.22. The van der Waals surface area contributed by atoms with Gasteiger partial charge in [-0.05, 0) is 5.92 Å². The van der Waals surface area contributed by atoms with Crippen LogP contribution in [-0.4, -0.2) is 74.2 Å². The zero-order valence-electron chi connectivity index (χ0n) is 12.2. The highest BCUT2D eigenvalue weighted by molar-refractivity contribution is 5.83. The maximum absolute atomic E-state index is 12.4. The summed E-state index contributed by atoms with van der Waals surface area (Å²) >= 11 is 0. The van der Waals surface area contributed by atoms with Crippen molar-refractivity contribution in [1.29, 1.82) is 0 Å². The van der Waals surface area contributed by atoms with Gasteiger partial charge in [0.05, 0.1) is 19.3 Å². The molecule has 0 radical (unpaired) electrons. The molecular formula is C14H27N3O2. The van der Waals surface area contributed by atoms with Gasteiger partial charge in [0, 0.05) is 39.3 Å². The number of amides is 1. The Balaban J connectivity index is 1.80. The molecule has 0 bridgehead atoms. The van der Waals surface area contributed by atoms with E-state index in [0.717, 1.165) is 58.9 Å². The van der Waals surface area contributed by atoms with E-state index in [1.807, 2.05) is 4.90 Å². The van der Waals surface area contributed by atoms with Gasteiger partial charge in [0.2, 0.25) is 5.91 Å². The summed E-state index contributed by atoms with van der Waals surface area (Å²) in [5, 5.41) is 3.36. The number of rotatable bonds is 5. The first-order valence-electron chi connectivity index (χ1n) is 7.54. The summed E-state index contributed by atoms with van der Waals surface area (Å²) in [5.41, 5.74) is 0. The van der Waals surface area contributed by atoms with Crippen LogP contribution in [0.1, 0.15) is 20.3 Å². The van der Waals surface area contributed by atoms with E-state index in [1.165, 1.54) is 0 Å². The lowest BCUT2D eigenvalue weighted by atomic mass is 9.96. The van der Waals surface area contributed by atoms with Gasteiger partial charge >= 0.3 is 0 Å². The molecule has 110 valence electrons. The van der Waals surface area contributed by atoms with Crippen LogP contribution in [-0.2, 0) is 9.53 Å². The maximum Gasteiger partial charge on any atom is 0.240 e.